The molecule has 0 saturated carbocycles. The van der Waals surface area contributed by atoms with E-state index < -0.39 is 6.36 Å². The molecule has 1 aromatic carbocycles. The average Bonchev–Trinajstić information content (AvgIpc) is 3.09. The highest BCUT2D eigenvalue weighted by molar-refractivity contribution is 6.33. The molecule has 14 heteroatoms. The van der Waals surface area contributed by atoms with Gasteiger partial charge in [-0.1, -0.05) is 11.6 Å². The monoisotopic (exact) mass is 484 g/mol. The van der Waals surface area contributed by atoms with Crippen molar-refractivity contribution in [2.75, 3.05) is 35.6 Å². The highest BCUT2D eigenvalue weighted by Gasteiger charge is 2.32. The first kappa shape index (κ1) is 22.7. The number of nitrogens with two attached hydrogens (primary N) is 1. The number of fused-ring (bicyclic) bond motifs is 1. The number of halogens is 4. The van der Waals surface area contributed by atoms with Crippen LogP contribution in [0.15, 0.2) is 24.4 Å². The lowest BCUT2D eigenvalue weighted by molar-refractivity contribution is -0.274. The molecule has 4 rings (SSSR count). The largest absolute Gasteiger partial charge is 0.573 e. The summed E-state index contributed by atoms with van der Waals surface area (Å²) in [6, 6.07) is 3.22. The highest BCUT2D eigenvalue weighted by Crippen LogP contribution is 2.28. The minimum Gasteiger partial charge on any atom is -0.406 e. The maximum atomic E-state index is 12.8. The summed E-state index contributed by atoms with van der Waals surface area (Å²) in [6.07, 6.45) is -3.33. The first-order valence-electron chi connectivity index (χ1n) is 9.87. The number of anilines is 3. The Kier molecular flexibility index (Phi) is 5.82. The van der Waals surface area contributed by atoms with Crippen LogP contribution in [0, 0.1) is 6.92 Å². The minimum absolute atomic E-state index is 0.0562. The third-order valence-corrected chi connectivity index (χ3v) is 5.44. The van der Waals surface area contributed by atoms with Crippen LogP contribution in [-0.2, 0) is 0 Å². The zero-order valence-corrected chi connectivity index (χ0v) is 18.4. The van der Waals surface area contributed by atoms with E-state index >= 15 is 0 Å². The normalized spacial score (nSPS) is 16.8. The Balaban J connectivity index is 1.45. The van der Waals surface area contributed by atoms with Crippen molar-refractivity contribution in [2.24, 2.45) is 0 Å². The molecule has 3 heterocycles. The van der Waals surface area contributed by atoms with Gasteiger partial charge >= 0.3 is 12.4 Å². The third-order valence-electron chi connectivity index (χ3n) is 5.17. The number of carbonyl (C=O) groups is 1. The number of nitrogens with zero attached hydrogens (tertiary/aromatic N) is 6. The fraction of sp³-hybridized carbons (Fsp3) is 0.368. The van der Waals surface area contributed by atoms with Crippen LogP contribution in [0.4, 0.5) is 35.5 Å². The van der Waals surface area contributed by atoms with E-state index in [1.54, 1.807) is 11.8 Å². The predicted octanol–water partition coefficient (Wildman–Crippen LogP) is 3.31. The van der Waals surface area contributed by atoms with Gasteiger partial charge in [0.05, 0.1) is 6.20 Å². The molecule has 1 saturated heterocycles. The van der Waals surface area contributed by atoms with Crippen molar-refractivity contribution in [2.45, 2.75) is 26.3 Å². The Bertz CT molecular complexity index is 1200. The number of ether oxygens (including phenoxy) is 1. The molecule has 2 aromatic heterocycles. The Morgan fingerprint density at radius 2 is 2.06 bits per heavy atom. The smallest absolute Gasteiger partial charge is 0.406 e. The molecule has 2 amide bonds. The molecule has 10 nitrogen and oxygen atoms in total. The number of benzene rings is 1. The second-order valence-electron chi connectivity index (χ2n) is 7.55. The van der Waals surface area contributed by atoms with E-state index in [0.717, 1.165) is 6.07 Å². The molecule has 33 heavy (non-hydrogen) atoms. The number of rotatable bonds is 3. The maximum Gasteiger partial charge on any atom is 0.573 e. The molecule has 3 aromatic rings. The van der Waals surface area contributed by atoms with Crippen molar-refractivity contribution in [3.8, 4) is 5.75 Å². The van der Waals surface area contributed by atoms with Crippen molar-refractivity contribution in [1.29, 1.82) is 0 Å². The van der Waals surface area contributed by atoms with Gasteiger partial charge in [0.15, 0.2) is 5.65 Å². The van der Waals surface area contributed by atoms with Gasteiger partial charge in [0.1, 0.15) is 10.8 Å². The van der Waals surface area contributed by atoms with Gasteiger partial charge < -0.3 is 25.6 Å². The van der Waals surface area contributed by atoms with E-state index in [9.17, 15) is 18.0 Å². The molecule has 0 spiro atoms. The molecule has 0 bridgehead atoms. The molecule has 3 N–H and O–H groups in total. The summed E-state index contributed by atoms with van der Waals surface area (Å²) in [5.74, 6) is 0.170. The fourth-order valence-electron chi connectivity index (χ4n) is 3.65. The Morgan fingerprint density at radius 3 is 2.73 bits per heavy atom. The van der Waals surface area contributed by atoms with Crippen molar-refractivity contribution >= 4 is 40.9 Å². The van der Waals surface area contributed by atoms with Gasteiger partial charge in [-0.25, -0.2) is 4.79 Å². The van der Waals surface area contributed by atoms with E-state index in [2.05, 4.69) is 25.1 Å². The van der Waals surface area contributed by atoms with Crippen molar-refractivity contribution in [1.82, 2.24) is 24.5 Å². The summed E-state index contributed by atoms with van der Waals surface area (Å²) in [4.78, 5) is 24.8. The zero-order valence-electron chi connectivity index (χ0n) is 17.6. The first-order chi connectivity index (χ1) is 15.5. The summed E-state index contributed by atoms with van der Waals surface area (Å²) in [5, 5.41) is 7.29. The third kappa shape index (κ3) is 4.82. The van der Waals surface area contributed by atoms with Gasteiger partial charge in [-0.05, 0) is 37.6 Å². The highest BCUT2D eigenvalue weighted by atomic mass is 35.5. The van der Waals surface area contributed by atoms with Gasteiger partial charge in [0, 0.05) is 31.4 Å². The lowest BCUT2D eigenvalue weighted by Gasteiger charge is -2.40. The van der Waals surface area contributed by atoms with Gasteiger partial charge in [0.2, 0.25) is 11.9 Å². The number of aromatic nitrogens is 4. The quantitative estimate of drug-likeness (QED) is 0.586. The topological polar surface area (TPSA) is 114 Å². The molecule has 0 unspecified atom stereocenters. The van der Waals surface area contributed by atoms with E-state index in [1.165, 1.54) is 22.8 Å². The molecule has 0 radical (unpaired) electrons. The minimum atomic E-state index is -4.78. The number of alkyl halides is 3. The zero-order chi connectivity index (χ0) is 23.9. The first-order valence-corrected chi connectivity index (χ1v) is 10.3. The van der Waals surface area contributed by atoms with Crippen LogP contribution in [0.1, 0.15) is 12.5 Å². The number of hydrogen-bond donors (Lipinski definition) is 2. The summed E-state index contributed by atoms with van der Waals surface area (Å²) < 4.78 is 42.6. The second-order valence-corrected chi connectivity index (χ2v) is 7.96. The molecule has 0 aliphatic carbocycles. The summed E-state index contributed by atoms with van der Waals surface area (Å²) >= 11 is 6.12. The van der Waals surface area contributed by atoms with Crippen LogP contribution in [0.5, 0.6) is 5.75 Å². The van der Waals surface area contributed by atoms with E-state index in [0.29, 0.717) is 47.5 Å². The number of urea groups is 1. The number of amides is 2. The van der Waals surface area contributed by atoms with E-state index in [1.807, 2.05) is 11.8 Å². The van der Waals surface area contributed by atoms with Crippen LogP contribution in [0.2, 0.25) is 5.02 Å². The summed E-state index contributed by atoms with van der Waals surface area (Å²) in [5.41, 5.74) is 7.05. The predicted molar refractivity (Wildman–Crippen MR) is 115 cm³/mol. The van der Waals surface area contributed by atoms with Crippen molar-refractivity contribution in [3.05, 3.63) is 35.0 Å². The number of nitrogen functional groups attached to an aromatic ring is 1. The van der Waals surface area contributed by atoms with Gasteiger partial charge in [-0.15, -0.1) is 13.2 Å². The van der Waals surface area contributed by atoms with Crippen molar-refractivity contribution < 1.29 is 22.7 Å². The lowest BCUT2D eigenvalue weighted by Crippen LogP contribution is -2.55. The molecule has 1 aliphatic rings. The Labute approximate surface area is 191 Å². The Morgan fingerprint density at radius 1 is 1.30 bits per heavy atom. The van der Waals surface area contributed by atoms with Gasteiger partial charge in [-0.3, -0.25) is 0 Å². The number of nitrogens with one attached hydrogen (secondary N) is 1. The summed E-state index contributed by atoms with van der Waals surface area (Å²) in [7, 11) is 0. The van der Waals surface area contributed by atoms with Crippen LogP contribution in [-0.4, -0.2) is 62.6 Å². The SMILES string of the molecule is Cc1cc(OC(F)(F)F)ccc1NC(=O)N1CCN(c2nc(N)nc3c(Cl)cnn23)[C@@H](C)C1. The van der Waals surface area contributed by atoms with Crippen LogP contribution < -0.4 is 20.7 Å². The standard InChI is InChI=1S/C19H20ClF3N8O2/c1-10-7-12(33-19(21,22)23)3-4-14(10)26-18(32)29-5-6-30(11(2)9-29)17-28-16(24)27-15-13(20)8-25-31(15)17/h3-4,7-8,11H,5-6,9H2,1-2H3,(H2,24,27)(H,26,32)/t11-/m0/s1. The van der Waals surface area contributed by atoms with E-state index in [-0.39, 0.29) is 23.8 Å². The van der Waals surface area contributed by atoms with Crippen LogP contribution in [0.3, 0.4) is 0 Å². The maximum absolute atomic E-state index is 12.8. The van der Waals surface area contributed by atoms with Crippen LogP contribution >= 0.6 is 11.6 Å². The molecular formula is C19H20ClF3N8O2. The molecular weight excluding hydrogens is 465 g/mol. The number of aryl methyl sites for hydroxylation is 1. The number of carbonyl (C=O) groups excluding carboxylic acids is 1. The fourth-order valence-corrected chi connectivity index (χ4v) is 3.81. The van der Waals surface area contributed by atoms with E-state index in [4.69, 9.17) is 17.3 Å². The molecule has 1 fully saturated rings. The molecule has 1 atom stereocenters. The number of hydrogen-bond acceptors (Lipinski definition) is 7. The van der Waals surface area contributed by atoms with Crippen LogP contribution in [0.25, 0.3) is 5.65 Å². The number of piperazine rings is 1. The van der Waals surface area contributed by atoms with Crippen molar-refractivity contribution in [3.63, 3.8) is 0 Å². The molecule has 1 aliphatic heterocycles. The van der Waals surface area contributed by atoms with Gasteiger partial charge in [-0.2, -0.15) is 19.6 Å². The average molecular weight is 485 g/mol. The van der Waals surface area contributed by atoms with Gasteiger partial charge in [0.25, 0.3) is 0 Å². The lowest BCUT2D eigenvalue weighted by atomic mass is 10.2. The Hall–Kier alpha value is -3.48. The summed E-state index contributed by atoms with van der Waals surface area (Å²) in [6.45, 7) is 4.67. The second kappa shape index (κ2) is 8.46. The molecule has 176 valence electrons.